The van der Waals surface area contributed by atoms with Crippen molar-refractivity contribution in [2.75, 3.05) is 14.2 Å². The minimum absolute atomic E-state index is 0.209. The lowest BCUT2D eigenvalue weighted by atomic mass is 10.0. The predicted octanol–water partition coefficient (Wildman–Crippen LogP) is 4.90. The molecule has 3 nitrogen and oxygen atoms in total. The minimum Gasteiger partial charge on any atom is -0.495 e. The number of benzene rings is 2. The first-order valence-corrected chi connectivity index (χ1v) is 7.03. The molecule has 0 N–H and O–H groups in total. The normalized spacial score (nSPS) is 10.3. The van der Waals surface area contributed by atoms with Gasteiger partial charge in [0.15, 0.2) is 11.5 Å². The predicted molar refractivity (Wildman–Crippen MR) is 84.5 cm³/mol. The van der Waals surface area contributed by atoms with Gasteiger partial charge in [-0.3, -0.25) is 4.79 Å². The first kappa shape index (κ1) is 16.0. The van der Waals surface area contributed by atoms with Crippen molar-refractivity contribution >= 4 is 40.6 Å². The third kappa shape index (κ3) is 2.95. The second-order valence-electron chi connectivity index (χ2n) is 4.09. The molecule has 0 saturated heterocycles. The van der Waals surface area contributed by atoms with Crippen molar-refractivity contribution < 1.29 is 14.3 Å². The molecule has 0 heterocycles. The van der Waals surface area contributed by atoms with Gasteiger partial charge in [-0.25, -0.2) is 0 Å². The van der Waals surface area contributed by atoms with Gasteiger partial charge in [-0.1, -0.05) is 40.9 Å². The molecule has 2 aromatic rings. The van der Waals surface area contributed by atoms with E-state index in [1.807, 2.05) is 0 Å². The van der Waals surface area contributed by atoms with Crippen LogP contribution in [-0.4, -0.2) is 20.0 Å². The molecule has 21 heavy (non-hydrogen) atoms. The first-order valence-electron chi connectivity index (χ1n) is 5.90. The summed E-state index contributed by atoms with van der Waals surface area (Å²) in [5.74, 6) is 0.263. The van der Waals surface area contributed by atoms with E-state index in [9.17, 15) is 4.79 Å². The lowest BCUT2D eigenvalue weighted by Crippen LogP contribution is -2.06. The van der Waals surface area contributed by atoms with E-state index in [0.29, 0.717) is 5.75 Å². The average Bonchev–Trinajstić information content (AvgIpc) is 2.46. The number of carbonyl (C=O) groups excluding carboxylic acids is 1. The van der Waals surface area contributed by atoms with Crippen LogP contribution >= 0.6 is 34.8 Å². The molecule has 0 amide bonds. The van der Waals surface area contributed by atoms with Gasteiger partial charge in [-0.15, -0.1) is 0 Å². The Morgan fingerprint density at radius 1 is 0.952 bits per heavy atom. The summed E-state index contributed by atoms with van der Waals surface area (Å²) in [6.45, 7) is 0. The number of carbonyl (C=O) groups is 1. The summed E-state index contributed by atoms with van der Waals surface area (Å²) in [7, 11) is 2.90. The molecule has 0 aliphatic carbocycles. The molecule has 6 heteroatoms. The molecule has 0 aromatic heterocycles. The fraction of sp³-hybridized carbons (Fsp3) is 0.133. The number of methoxy groups -OCH3 is 2. The Balaban J connectivity index is 2.62. The molecule has 0 fully saturated rings. The molecular formula is C15H11Cl3O3. The van der Waals surface area contributed by atoms with E-state index in [1.54, 1.807) is 30.3 Å². The highest BCUT2D eigenvalue weighted by atomic mass is 35.5. The van der Waals surface area contributed by atoms with E-state index < -0.39 is 0 Å². The van der Waals surface area contributed by atoms with Gasteiger partial charge in [-0.05, 0) is 24.3 Å². The summed E-state index contributed by atoms with van der Waals surface area (Å²) in [6.07, 6.45) is 0. The maximum Gasteiger partial charge on any atom is 0.199 e. The van der Waals surface area contributed by atoms with Crippen LogP contribution in [0.4, 0.5) is 0 Å². The Morgan fingerprint density at radius 3 is 2.10 bits per heavy atom. The van der Waals surface area contributed by atoms with E-state index >= 15 is 0 Å². The van der Waals surface area contributed by atoms with Crippen molar-refractivity contribution in [3.05, 3.63) is 56.5 Å². The third-order valence-electron chi connectivity index (χ3n) is 2.92. The summed E-state index contributed by atoms with van der Waals surface area (Å²) in [4.78, 5) is 12.7. The van der Waals surface area contributed by atoms with Gasteiger partial charge in [0.2, 0.25) is 0 Å². The van der Waals surface area contributed by atoms with Crippen LogP contribution in [0.3, 0.4) is 0 Å². The molecule has 110 valence electrons. The van der Waals surface area contributed by atoms with Gasteiger partial charge in [0.1, 0.15) is 10.8 Å². The highest BCUT2D eigenvalue weighted by Gasteiger charge is 2.23. The van der Waals surface area contributed by atoms with Crippen molar-refractivity contribution in [1.82, 2.24) is 0 Å². The van der Waals surface area contributed by atoms with E-state index in [0.717, 1.165) is 0 Å². The van der Waals surface area contributed by atoms with Gasteiger partial charge < -0.3 is 9.47 Å². The second-order valence-corrected chi connectivity index (χ2v) is 5.28. The summed E-state index contributed by atoms with van der Waals surface area (Å²) in [6, 6.07) is 8.00. The Hall–Kier alpha value is -1.42. The zero-order valence-corrected chi connectivity index (χ0v) is 13.5. The second kappa shape index (κ2) is 6.56. The Morgan fingerprint density at radius 2 is 1.57 bits per heavy atom. The van der Waals surface area contributed by atoms with Crippen LogP contribution in [0.1, 0.15) is 15.9 Å². The van der Waals surface area contributed by atoms with Gasteiger partial charge in [0, 0.05) is 0 Å². The maximum absolute atomic E-state index is 12.7. The van der Waals surface area contributed by atoms with Crippen LogP contribution in [0.5, 0.6) is 11.5 Å². The van der Waals surface area contributed by atoms with E-state index in [-0.39, 0.29) is 37.7 Å². The molecule has 0 bridgehead atoms. The van der Waals surface area contributed by atoms with E-state index in [2.05, 4.69) is 0 Å². The number of hydrogen-bond acceptors (Lipinski definition) is 3. The third-order valence-corrected chi connectivity index (χ3v) is 3.91. The average molecular weight is 346 g/mol. The van der Waals surface area contributed by atoms with Crippen LogP contribution in [0.2, 0.25) is 15.1 Å². The summed E-state index contributed by atoms with van der Waals surface area (Å²) in [5.41, 5.74) is 0.471. The largest absolute Gasteiger partial charge is 0.495 e. The summed E-state index contributed by atoms with van der Waals surface area (Å²) >= 11 is 18.3. The van der Waals surface area contributed by atoms with E-state index in [4.69, 9.17) is 44.3 Å². The molecule has 0 aliphatic rings. The fourth-order valence-electron chi connectivity index (χ4n) is 1.92. The minimum atomic E-state index is -0.369. The molecule has 2 rings (SSSR count). The summed E-state index contributed by atoms with van der Waals surface area (Å²) < 4.78 is 10.3. The lowest BCUT2D eigenvalue weighted by Gasteiger charge is -2.13. The quantitative estimate of drug-likeness (QED) is 0.740. The smallest absolute Gasteiger partial charge is 0.199 e. The van der Waals surface area contributed by atoms with Crippen LogP contribution in [0, 0.1) is 0 Å². The molecule has 2 aromatic carbocycles. The molecule has 0 aliphatic heterocycles. The number of ether oxygens (including phenoxy) is 2. The maximum atomic E-state index is 12.7. The number of hydrogen-bond donors (Lipinski definition) is 0. The Labute approximate surface area is 137 Å². The number of rotatable bonds is 4. The van der Waals surface area contributed by atoms with Gasteiger partial charge in [-0.2, -0.15) is 0 Å². The SMILES string of the molecule is COc1ccc(C(=O)c2c(Cl)cccc2Cl)c(OC)c1Cl. The molecule has 0 saturated carbocycles. The van der Waals surface area contributed by atoms with Gasteiger partial charge >= 0.3 is 0 Å². The van der Waals surface area contributed by atoms with Crippen molar-refractivity contribution in [1.29, 1.82) is 0 Å². The highest BCUT2D eigenvalue weighted by molar-refractivity contribution is 6.41. The highest BCUT2D eigenvalue weighted by Crippen LogP contribution is 2.39. The molecule has 0 spiro atoms. The number of halogens is 3. The monoisotopic (exact) mass is 344 g/mol. The van der Waals surface area contributed by atoms with Crippen molar-refractivity contribution in [2.24, 2.45) is 0 Å². The molecule has 0 radical (unpaired) electrons. The van der Waals surface area contributed by atoms with Crippen LogP contribution in [-0.2, 0) is 0 Å². The first-order chi connectivity index (χ1) is 10.0. The molecular weight excluding hydrogens is 335 g/mol. The van der Waals surface area contributed by atoms with Gasteiger partial charge in [0.05, 0.1) is 35.4 Å². The zero-order chi connectivity index (χ0) is 15.6. The van der Waals surface area contributed by atoms with Crippen molar-refractivity contribution in [3.8, 4) is 11.5 Å². The summed E-state index contributed by atoms with van der Waals surface area (Å²) in [5, 5.41) is 0.747. The zero-order valence-electron chi connectivity index (χ0n) is 11.2. The molecule has 0 atom stereocenters. The van der Waals surface area contributed by atoms with Crippen molar-refractivity contribution in [2.45, 2.75) is 0 Å². The topological polar surface area (TPSA) is 35.5 Å². The van der Waals surface area contributed by atoms with Crippen LogP contribution < -0.4 is 9.47 Å². The Bertz CT molecular complexity index is 679. The molecule has 0 unspecified atom stereocenters. The van der Waals surface area contributed by atoms with E-state index in [1.165, 1.54) is 14.2 Å². The lowest BCUT2D eigenvalue weighted by molar-refractivity contribution is 0.103. The van der Waals surface area contributed by atoms with Crippen molar-refractivity contribution in [3.63, 3.8) is 0 Å². The number of ketones is 1. The fourth-order valence-corrected chi connectivity index (χ4v) is 2.81. The van der Waals surface area contributed by atoms with Gasteiger partial charge in [0.25, 0.3) is 0 Å². The van der Waals surface area contributed by atoms with Crippen LogP contribution in [0.15, 0.2) is 30.3 Å². The Kier molecular flexibility index (Phi) is 4.99. The van der Waals surface area contributed by atoms with Crippen LogP contribution in [0.25, 0.3) is 0 Å². The standard InChI is InChI=1S/C15H11Cl3O3/c1-20-11-7-6-8(15(21-2)13(11)18)14(19)12-9(16)4-3-5-10(12)17/h3-7H,1-2H3.